The molecule has 31 heavy (non-hydrogen) atoms. The number of nitrogens with one attached hydrogen (secondary N) is 1. The molecule has 4 aliphatic carbocycles. The van der Waals surface area contributed by atoms with Gasteiger partial charge in [-0.15, -0.1) is 0 Å². The Bertz CT molecular complexity index is 621. The average molecular weight is 438 g/mol. The molecule has 0 aromatic carbocycles. The molecule has 0 heterocycles. The van der Waals surface area contributed by atoms with Crippen molar-refractivity contribution in [3.63, 3.8) is 0 Å². The van der Waals surface area contributed by atoms with E-state index in [-0.39, 0.29) is 11.3 Å². The zero-order chi connectivity index (χ0) is 22.1. The normalized spacial score (nSPS) is 42.0. The van der Waals surface area contributed by atoms with Gasteiger partial charge in [0.05, 0.1) is 13.2 Å². The average Bonchev–Trinajstić information content (AvgIpc) is 3.19. The van der Waals surface area contributed by atoms with E-state index < -0.39 is 6.29 Å². The van der Waals surface area contributed by atoms with Crippen molar-refractivity contribution >= 4 is 5.91 Å². The molecule has 4 fully saturated rings. The Kier molecular flexibility index (Phi) is 7.31. The molecule has 178 valence electrons. The van der Waals surface area contributed by atoms with Gasteiger partial charge in [0.2, 0.25) is 12.2 Å². The van der Waals surface area contributed by atoms with E-state index in [0.29, 0.717) is 42.4 Å². The fourth-order valence-corrected chi connectivity index (χ4v) is 8.40. The van der Waals surface area contributed by atoms with Gasteiger partial charge in [0.15, 0.2) is 0 Å². The van der Waals surface area contributed by atoms with Crippen LogP contribution in [0.2, 0.25) is 0 Å². The van der Waals surface area contributed by atoms with E-state index in [1.807, 2.05) is 13.8 Å². The molecule has 1 unspecified atom stereocenters. The van der Waals surface area contributed by atoms with Crippen molar-refractivity contribution in [1.82, 2.24) is 5.32 Å². The summed E-state index contributed by atoms with van der Waals surface area (Å²) >= 11 is 0. The van der Waals surface area contributed by atoms with Crippen molar-refractivity contribution in [3.05, 3.63) is 0 Å². The molecule has 0 aromatic heterocycles. The van der Waals surface area contributed by atoms with Gasteiger partial charge in [-0.05, 0) is 87.9 Å². The lowest BCUT2D eigenvalue weighted by molar-refractivity contribution is -0.489. The van der Waals surface area contributed by atoms with E-state index in [1.54, 1.807) is 6.92 Å². The molecule has 0 aromatic rings. The predicted molar refractivity (Wildman–Crippen MR) is 117 cm³/mol. The Labute approximate surface area is 187 Å². The van der Waals surface area contributed by atoms with Crippen molar-refractivity contribution in [2.45, 2.75) is 104 Å². The monoisotopic (exact) mass is 437 g/mol. The Morgan fingerprint density at radius 3 is 2.32 bits per heavy atom. The highest BCUT2D eigenvalue weighted by Gasteiger charge is 2.63. The fourth-order valence-electron chi connectivity index (χ4n) is 8.40. The number of carbonyl (C=O) groups is 1. The summed E-state index contributed by atoms with van der Waals surface area (Å²) in [5.74, 6) is 2.55. The van der Waals surface area contributed by atoms with Gasteiger partial charge in [0.1, 0.15) is 0 Å². The minimum atomic E-state index is -0.489. The lowest BCUT2D eigenvalue weighted by Gasteiger charge is -2.62. The molecule has 7 atom stereocenters. The van der Waals surface area contributed by atoms with Gasteiger partial charge in [-0.2, -0.15) is 0 Å². The van der Waals surface area contributed by atoms with Gasteiger partial charge in [-0.25, -0.2) is 19.6 Å². The van der Waals surface area contributed by atoms with E-state index in [9.17, 15) is 4.79 Å². The molecule has 0 spiro atoms. The first-order valence-corrected chi connectivity index (χ1v) is 12.8. The van der Waals surface area contributed by atoms with E-state index >= 15 is 0 Å². The summed E-state index contributed by atoms with van der Waals surface area (Å²) < 4.78 is 0. The van der Waals surface area contributed by atoms with Crippen LogP contribution in [-0.4, -0.2) is 31.5 Å². The van der Waals surface area contributed by atoms with Crippen molar-refractivity contribution in [2.24, 2.45) is 34.5 Å². The third kappa shape index (κ3) is 4.18. The molecule has 4 saturated carbocycles. The molecular weight excluding hydrogens is 394 g/mol. The lowest BCUT2D eigenvalue weighted by Crippen LogP contribution is -2.61. The third-order valence-electron chi connectivity index (χ3n) is 9.44. The lowest BCUT2D eigenvalue weighted by atomic mass is 9.44. The van der Waals surface area contributed by atoms with E-state index in [4.69, 9.17) is 19.6 Å². The molecule has 0 aliphatic heterocycles. The third-order valence-corrected chi connectivity index (χ3v) is 9.44. The van der Waals surface area contributed by atoms with Crippen LogP contribution in [0.5, 0.6) is 0 Å². The predicted octanol–water partition coefficient (Wildman–Crippen LogP) is 5.17. The number of rotatable bonds is 8. The van der Waals surface area contributed by atoms with Gasteiger partial charge < -0.3 is 5.32 Å². The molecule has 6 nitrogen and oxygen atoms in total. The number of amides is 1. The number of hydrogen-bond acceptors (Lipinski definition) is 5. The van der Waals surface area contributed by atoms with Gasteiger partial charge in [-0.3, -0.25) is 4.79 Å². The highest BCUT2D eigenvalue weighted by Crippen LogP contribution is 2.67. The molecular formula is C25H43NO5. The van der Waals surface area contributed by atoms with Crippen LogP contribution in [0.1, 0.15) is 91.9 Å². The fraction of sp³-hybridized carbons (Fsp3) is 0.960. The topological polar surface area (TPSA) is 66.0 Å². The smallest absolute Gasteiger partial charge is 0.230 e. The van der Waals surface area contributed by atoms with Crippen LogP contribution in [0.3, 0.4) is 0 Å². The summed E-state index contributed by atoms with van der Waals surface area (Å²) in [6.07, 6.45) is 11.6. The summed E-state index contributed by atoms with van der Waals surface area (Å²) in [6.45, 7) is 9.06. The summed E-state index contributed by atoms with van der Waals surface area (Å²) in [4.78, 5) is 34.6. The molecule has 0 saturated heterocycles. The van der Waals surface area contributed by atoms with E-state index in [1.165, 1.54) is 44.9 Å². The largest absolute Gasteiger partial charge is 0.353 e. The van der Waals surface area contributed by atoms with Gasteiger partial charge in [-0.1, -0.05) is 26.2 Å². The first-order chi connectivity index (χ1) is 15.0. The maximum atomic E-state index is 12.1. The second-order valence-electron chi connectivity index (χ2n) is 10.8. The highest BCUT2D eigenvalue weighted by atomic mass is 17.3. The number of fused-ring (bicyclic) bond motifs is 5. The maximum absolute atomic E-state index is 12.1. The minimum Gasteiger partial charge on any atom is -0.353 e. The summed E-state index contributed by atoms with van der Waals surface area (Å²) in [6, 6.07) is 0.291. The van der Waals surface area contributed by atoms with Crippen molar-refractivity contribution in [3.8, 4) is 0 Å². The zero-order valence-electron chi connectivity index (χ0n) is 20.0. The quantitative estimate of drug-likeness (QED) is 0.322. The van der Waals surface area contributed by atoms with E-state index in [0.717, 1.165) is 25.2 Å². The van der Waals surface area contributed by atoms with Gasteiger partial charge in [0, 0.05) is 18.4 Å². The standard InChI is InChI=1S/C25H43NO5/c1-5-28-30-23(31-29-6-2)25-14-9-11-20(25)18-16-22(26-17(3)27)21-10-7-8-13-24(21,4)19(18)12-15-25/h18-23H,5-16H2,1-4H3,(H,26,27)/t18-,19+,20+,21?,22+,24-,25-/m1/s1. The second-order valence-corrected chi connectivity index (χ2v) is 10.8. The van der Waals surface area contributed by atoms with Crippen molar-refractivity contribution in [1.29, 1.82) is 0 Å². The molecule has 6 heteroatoms. The van der Waals surface area contributed by atoms with Crippen LogP contribution in [0, 0.1) is 34.5 Å². The van der Waals surface area contributed by atoms with Crippen LogP contribution < -0.4 is 5.32 Å². The molecule has 4 aliphatic rings. The van der Waals surface area contributed by atoms with Crippen LogP contribution >= 0.6 is 0 Å². The van der Waals surface area contributed by atoms with Crippen LogP contribution in [0.15, 0.2) is 0 Å². The first-order valence-electron chi connectivity index (χ1n) is 12.8. The van der Waals surface area contributed by atoms with Crippen molar-refractivity contribution < 1.29 is 24.3 Å². The minimum absolute atomic E-state index is 0.0653. The molecule has 1 amide bonds. The molecule has 0 radical (unpaired) electrons. The summed E-state index contributed by atoms with van der Waals surface area (Å²) in [7, 11) is 0. The van der Waals surface area contributed by atoms with Crippen LogP contribution in [0.4, 0.5) is 0 Å². The number of hydrogen-bond donors (Lipinski definition) is 1. The zero-order valence-corrected chi connectivity index (χ0v) is 20.0. The van der Waals surface area contributed by atoms with Gasteiger partial charge >= 0.3 is 0 Å². The summed E-state index contributed by atoms with van der Waals surface area (Å²) in [5, 5.41) is 3.38. The summed E-state index contributed by atoms with van der Waals surface area (Å²) in [5.41, 5.74) is 0.254. The number of carbonyl (C=O) groups excluding carboxylic acids is 1. The van der Waals surface area contributed by atoms with Crippen LogP contribution in [-0.2, 0) is 24.3 Å². The molecule has 4 rings (SSSR count). The van der Waals surface area contributed by atoms with Crippen molar-refractivity contribution in [2.75, 3.05) is 13.2 Å². The second kappa shape index (κ2) is 9.66. The van der Waals surface area contributed by atoms with Gasteiger partial charge in [0.25, 0.3) is 0 Å². The Morgan fingerprint density at radius 1 is 0.935 bits per heavy atom. The maximum Gasteiger partial charge on any atom is 0.230 e. The highest BCUT2D eigenvalue weighted by molar-refractivity contribution is 5.73. The molecule has 1 N–H and O–H groups in total. The van der Waals surface area contributed by atoms with Crippen LogP contribution in [0.25, 0.3) is 0 Å². The Morgan fingerprint density at radius 2 is 1.65 bits per heavy atom. The molecule has 0 bridgehead atoms. The Balaban J connectivity index is 1.64. The first kappa shape index (κ1) is 23.5. The SMILES string of the molecule is CCOOC(OOCC)[C@@]12CCC[C@H]1[C@@H]1C[C@H](NC(C)=O)C3CCCC[C@]3(C)[C@H]1CC2. The Hall–Kier alpha value is -0.690. The van der Waals surface area contributed by atoms with E-state index in [2.05, 4.69) is 12.2 Å².